The van der Waals surface area contributed by atoms with Crippen LogP contribution in [0, 0.1) is 0 Å². The van der Waals surface area contributed by atoms with Crippen molar-refractivity contribution in [3.05, 3.63) is 23.8 Å². The van der Waals surface area contributed by atoms with Crippen LogP contribution in [0.25, 0.3) is 0 Å². The van der Waals surface area contributed by atoms with Crippen LogP contribution in [-0.2, 0) is 4.74 Å². The Morgan fingerprint density at radius 3 is 2.95 bits per heavy atom. The molecule has 4 nitrogen and oxygen atoms in total. The zero-order valence-electron chi connectivity index (χ0n) is 11.8. The van der Waals surface area contributed by atoms with Crippen LogP contribution in [0.5, 0.6) is 11.5 Å². The van der Waals surface area contributed by atoms with E-state index in [0.717, 1.165) is 24.5 Å². The van der Waals surface area contributed by atoms with E-state index < -0.39 is 0 Å². The van der Waals surface area contributed by atoms with Crippen LogP contribution in [0.3, 0.4) is 0 Å². The Hall–Kier alpha value is -1.26. The van der Waals surface area contributed by atoms with Crippen molar-refractivity contribution in [3.63, 3.8) is 0 Å². The van der Waals surface area contributed by atoms with Gasteiger partial charge in [-0.25, -0.2) is 0 Å². The Bertz CT molecular complexity index is 443. The van der Waals surface area contributed by atoms with E-state index in [4.69, 9.17) is 9.47 Å². The summed E-state index contributed by atoms with van der Waals surface area (Å²) < 4.78 is 11.5. The van der Waals surface area contributed by atoms with Gasteiger partial charge in [0.05, 0.1) is 18.8 Å². The lowest BCUT2D eigenvalue weighted by Gasteiger charge is -2.22. The zero-order valence-corrected chi connectivity index (χ0v) is 11.8. The first-order valence-electron chi connectivity index (χ1n) is 7.63. The summed E-state index contributed by atoms with van der Waals surface area (Å²) in [5.41, 5.74) is 1.13. The summed E-state index contributed by atoms with van der Waals surface area (Å²) in [5, 5.41) is 12.9. The maximum atomic E-state index is 9.42. The fourth-order valence-electron chi connectivity index (χ4n) is 3.06. The molecule has 1 aliphatic carbocycles. The average Bonchev–Trinajstić information content (AvgIpc) is 2.87. The molecule has 4 heteroatoms. The van der Waals surface area contributed by atoms with E-state index in [-0.39, 0.29) is 11.8 Å². The summed E-state index contributed by atoms with van der Waals surface area (Å²) in [6.45, 7) is 2.22. The van der Waals surface area contributed by atoms with E-state index >= 15 is 0 Å². The van der Waals surface area contributed by atoms with Gasteiger partial charge in [0.15, 0.2) is 0 Å². The number of benzene rings is 1. The minimum atomic E-state index is 0.209. The van der Waals surface area contributed by atoms with Gasteiger partial charge >= 0.3 is 0 Å². The van der Waals surface area contributed by atoms with Crippen molar-refractivity contribution in [2.45, 2.75) is 44.2 Å². The standard InChI is InChI=1S/C16H23NO3/c18-12-6-7-14-15(11-20-16(14)10-12)17-8-9-19-13-4-2-1-3-5-13/h6-7,10,13,15,17-18H,1-5,8-9,11H2. The van der Waals surface area contributed by atoms with Crippen molar-refractivity contribution in [2.75, 3.05) is 19.8 Å². The third kappa shape index (κ3) is 3.25. The number of ether oxygens (including phenoxy) is 2. The number of nitrogens with one attached hydrogen (secondary N) is 1. The Morgan fingerprint density at radius 1 is 1.25 bits per heavy atom. The van der Waals surface area contributed by atoms with Gasteiger partial charge in [-0.2, -0.15) is 0 Å². The molecule has 110 valence electrons. The lowest BCUT2D eigenvalue weighted by Crippen LogP contribution is -2.28. The number of phenolic OH excluding ortho intramolecular Hbond substituents is 1. The highest BCUT2D eigenvalue weighted by molar-refractivity contribution is 5.44. The fourth-order valence-corrected chi connectivity index (χ4v) is 3.06. The molecule has 1 heterocycles. The normalized spacial score (nSPS) is 22.5. The highest BCUT2D eigenvalue weighted by Crippen LogP contribution is 2.34. The second kappa shape index (κ2) is 6.46. The Labute approximate surface area is 120 Å². The number of hydrogen-bond acceptors (Lipinski definition) is 4. The summed E-state index contributed by atoms with van der Waals surface area (Å²) >= 11 is 0. The molecule has 0 aromatic heterocycles. The Balaban J connectivity index is 1.41. The van der Waals surface area contributed by atoms with Crippen molar-refractivity contribution in [2.24, 2.45) is 0 Å². The molecule has 1 aliphatic heterocycles. The first-order valence-corrected chi connectivity index (χ1v) is 7.63. The highest BCUT2D eigenvalue weighted by Gasteiger charge is 2.23. The van der Waals surface area contributed by atoms with E-state index in [1.807, 2.05) is 6.07 Å². The van der Waals surface area contributed by atoms with Gasteiger partial charge in [0.2, 0.25) is 0 Å². The number of rotatable bonds is 5. The molecule has 0 radical (unpaired) electrons. The number of aromatic hydroxyl groups is 1. The van der Waals surface area contributed by atoms with Crippen LogP contribution in [0.15, 0.2) is 18.2 Å². The van der Waals surface area contributed by atoms with Crippen molar-refractivity contribution < 1.29 is 14.6 Å². The molecule has 2 aliphatic rings. The number of fused-ring (bicyclic) bond motifs is 1. The largest absolute Gasteiger partial charge is 0.508 e. The van der Waals surface area contributed by atoms with Gasteiger partial charge < -0.3 is 19.9 Å². The van der Waals surface area contributed by atoms with Crippen molar-refractivity contribution in [1.29, 1.82) is 0 Å². The average molecular weight is 277 g/mol. The molecular weight excluding hydrogens is 254 g/mol. The van der Waals surface area contributed by atoms with Crippen LogP contribution >= 0.6 is 0 Å². The van der Waals surface area contributed by atoms with Gasteiger partial charge in [-0.05, 0) is 25.0 Å². The van der Waals surface area contributed by atoms with Gasteiger partial charge in [0, 0.05) is 18.2 Å². The molecule has 0 bridgehead atoms. The quantitative estimate of drug-likeness (QED) is 0.813. The van der Waals surface area contributed by atoms with Crippen molar-refractivity contribution >= 4 is 0 Å². The molecule has 2 N–H and O–H groups in total. The predicted molar refractivity (Wildman–Crippen MR) is 77.2 cm³/mol. The monoisotopic (exact) mass is 277 g/mol. The molecule has 20 heavy (non-hydrogen) atoms. The number of hydrogen-bond donors (Lipinski definition) is 2. The predicted octanol–water partition coefficient (Wildman–Crippen LogP) is 2.76. The van der Waals surface area contributed by atoms with Gasteiger partial charge in [-0.3, -0.25) is 0 Å². The SMILES string of the molecule is Oc1ccc2c(c1)OCC2NCCOC1CCCCC1. The Kier molecular flexibility index (Phi) is 4.43. The summed E-state index contributed by atoms with van der Waals surface area (Å²) in [4.78, 5) is 0. The van der Waals surface area contributed by atoms with Gasteiger partial charge in [0.25, 0.3) is 0 Å². The van der Waals surface area contributed by atoms with Gasteiger partial charge in [0.1, 0.15) is 18.1 Å². The van der Waals surface area contributed by atoms with Crippen LogP contribution in [-0.4, -0.2) is 31.0 Å². The van der Waals surface area contributed by atoms with Crippen LogP contribution < -0.4 is 10.1 Å². The number of phenols is 1. The highest BCUT2D eigenvalue weighted by atomic mass is 16.5. The molecule has 1 fully saturated rings. The molecule has 1 unspecified atom stereocenters. The molecule has 0 amide bonds. The molecule has 0 saturated heterocycles. The third-order valence-corrected chi connectivity index (χ3v) is 4.18. The maximum Gasteiger partial charge on any atom is 0.127 e. The minimum Gasteiger partial charge on any atom is -0.508 e. The molecule has 3 rings (SSSR count). The smallest absolute Gasteiger partial charge is 0.127 e. The third-order valence-electron chi connectivity index (χ3n) is 4.18. The zero-order chi connectivity index (χ0) is 13.8. The van der Waals surface area contributed by atoms with Crippen molar-refractivity contribution in [1.82, 2.24) is 5.32 Å². The fraction of sp³-hybridized carbons (Fsp3) is 0.625. The summed E-state index contributed by atoms with van der Waals surface area (Å²) in [6, 6.07) is 5.52. The van der Waals surface area contributed by atoms with Gasteiger partial charge in [-0.15, -0.1) is 0 Å². The van der Waals surface area contributed by atoms with E-state index in [9.17, 15) is 5.11 Å². The van der Waals surface area contributed by atoms with E-state index in [0.29, 0.717) is 12.7 Å². The molecule has 1 atom stereocenters. The lowest BCUT2D eigenvalue weighted by molar-refractivity contribution is 0.0291. The Morgan fingerprint density at radius 2 is 2.10 bits per heavy atom. The summed E-state index contributed by atoms with van der Waals surface area (Å²) in [5.74, 6) is 1.04. The van der Waals surface area contributed by atoms with Crippen LogP contribution in [0.4, 0.5) is 0 Å². The molecule has 1 aromatic carbocycles. The van der Waals surface area contributed by atoms with E-state index in [1.54, 1.807) is 12.1 Å². The second-order valence-electron chi connectivity index (χ2n) is 5.67. The molecule has 0 spiro atoms. The summed E-state index contributed by atoms with van der Waals surface area (Å²) in [7, 11) is 0. The minimum absolute atomic E-state index is 0.209. The van der Waals surface area contributed by atoms with E-state index in [1.165, 1.54) is 32.1 Å². The molecule has 1 aromatic rings. The topological polar surface area (TPSA) is 50.7 Å². The first kappa shape index (κ1) is 13.7. The van der Waals surface area contributed by atoms with Crippen molar-refractivity contribution in [3.8, 4) is 11.5 Å². The lowest BCUT2D eigenvalue weighted by atomic mass is 9.98. The van der Waals surface area contributed by atoms with Crippen LogP contribution in [0.1, 0.15) is 43.7 Å². The first-order chi connectivity index (χ1) is 9.83. The van der Waals surface area contributed by atoms with Gasteiger partial charge in [-0.1, -0.05) is 19.3 Å². The summed E-state index contributed by atoms with van der Waals surface area (Å²) in [6.07, 6.45) is 6.89. The molecular formula is C16H23NO3. The second-order valence-corrected chi connectivity index (χ2v) is 5.67. The molecule has 1 saturated carbocycles. The van der Waals surface area contributed by atoms with E-state index in [2.05, 4.69) is 5.32 Å². The maximum absolute atomic E-state index is 9.42. The van der Waals surface area contributed by atoms with Crippen LogP contribution in [0.2, 0.25) is 0 Å².